The van der Waals surface area contributed by atoms with Crippen LogP contribution in [0.5, 0.6) is 0 Å². The molecule has 118 valence electrons. The number of esters is 1. The van der Waals surface area contributed by atoms with Crippen LogP contribution in [-0.2, 0) is 19.0 Å². The summed E-state index contributed by atoms with van der Waals surface area (Å²) >= 11 is 0. The van der Waals surface area contributed by atoms with E-state index in [9.17, 15) is 4.79 Å². The molecule has 0 bridgehead atoms. The molecule has 0 spiro atoms. The minimum Gasteiger partial charge on any atom is -0.463 e. The molecule has 2 aliphatic rings. The van der Waals surface area contributed by atoms with Gasteiger partial charge in [0.2, 0.25) is 0 Å². The Bertz CT molecular complexity index is 537. The van der Waals surface area contributed by atoms with Crippen molar-refractivity contribution in [3.8, 4) is 6.07 Å². The van der Waals surface area contributed by atoms with Crippen molar-refractivity contribution in [2.45, 2.75) is 32.5 Å². The third-order valence-electron chi connectivity index (χ3n) is 3.53. The van der Waals surface area contributed by atoms with E-state index in [1.807, 2.05) is 19.1 Å². The average molecular weight is 303 g/mol. The molecule has 1 aliphatic heterocycles. The maximum Gasteiger partial charge on any atom is 0.330 e. The third kappa shape index (κ3) is 4.83. The maximum atomic E-state index is 11.5. The normalized spacial score (nSPS) is 25.1. The molecule has 5 heteroatoms. The van der Waals surface area contributed by atoms with Crippen LogP contribution in [0.1, 0.15) is 20.3 Å². The van der Waals surface area contributed by atoms with Crippen molar-refractivity contribution < 1.29 is 19.0 Å². The lowest BCUT2D eigenvalue weighted by atomic mass is 9.88. The first-order valence-corrected chi connectivity index (χ1v) is 7.54. The van der Waals surface area contributed by atoms with Crippen molar-refractivity contribution in [3.05, 3.63) is 35.5 Å². The fraction of sp³-hybridized carbons (Fsp3) is 0.529. The Labute approximate surface area is 130 Å². The Kier molecular flexibility index (Phi) is 5.93. The van der Waals surface area contributed by atoms with E-state index >= 15 is 0 Å². The molecule has 3 unspecified atom stereocenters. The minimum atomic E-state index is -0.387. The van der Waals surface area contributed by atoms with Gasteiger partial charge in [0.15, 0.2) is 0 Å². The van der Waals surface area contributed by atoms with Gasteiger partial charge in [-0.2, -0.15) is 5.26 Å². The van der Waals surface area contributed by atoms with Gasteiger partial charge in [0, 0.05) is 6.08 Å². The Hall–Kier alpha value is -1.90. The lowest BCUT2D eigenvalue weighted by molar-refractivity contribution is -0.137. The Morgan fingerprint density at radius 2 is 2.41 bits per heavy atom. The van der Waals surface area contributed by atoms with Gasteiger partial charge in [0.05, 0.1) is 37.9 Å². The molecular weight excluding hydrogens is 282 g/mol. The van der Waals surface area contributed by atoms with Crippen molar-refractivity contribution in [2.24, 2.45) is 5.92 Å². The molecule has 22 heavy (non-hydrogen) atoms. The molecule has 0 aromatic carbocycles. The van der Waals surface area contributed by atoms with Crippen molar-refractivity contribution in [2.75, 3.05) is 19.8 Å². The van der Waals surface area contributed by atoms with Crippen LogP contribution in [0.3, 0.4) is 0 Å². The number of hydrogen-bond donors (Lipinski definition) is 0. The van der Waals surface area contributed by atoms with Crippen LogP contribution in [0, 0.1) is 17.2 Å². The number of allylic oxidation sites excluding steroid dienone is 3. The first-order chi connectivity index (χ1) is 10.6. The molecule has 0 aromatic rings. The monoisotopic (exact) mass is 303 g/mol. The molecule has 3 atom stereocenters. The molecule has 2 rings (SSSR count). The second kappa shape index (κ2) is 7.92. The van der Waals surface area contributed by atoms with Gasteiger partial charge in [-0.3, -0.25) is 0 Å². The topological polar surface area (TPSA) is 71.9 Å². The highest BCUT2D eigenvalue weighted by Crippen LogP contribution is 2.28. The molecule has 1 saturated heterocycles. The second-order valence-corrected chi connectivity index (χ2v) is 5.27. The maximum absolute atomic E-state index is 11.5. The lowest BCUT2D eigenvalue weighted by Gasteiger charge is -2.22. The lowest BCUT2D eigenvalue weighted by Crippen LogP contribution is -2.18. The Balaban J connectivity index is 2.05. The summed E-state index contributed by atoms with van der Waals surface area (Å²) < 4.78 is 15.8. The zero-order chi connectivity index (χ0) is 15.9. The van der Waals surface area contributed by atoms with Crippen LogP contribution in [0.2, 0.25) is 0 Å². The predicted octanol–water partition coefficient (Wildman–Crippen LogP) is 2.31. The third-order valence-corrected chi connectivity index (χ3v) is 3.53. The molecule has 5 nitrogen and oxygen atoms in total. The van der Waals surface area contributed by atoms with E-state index < -0.39 is 0 Å². The molecule has 0 aromatic heterocycles. The number of hydrogen-bond acceptors (Lipinski definition) is 5. The Morgan fingerprint density at radius 1 is 1.64 bits per heavy atom. The molecule has 0 saturated carbocycles. The molecule has 0 N–H and O–H groups in total. The first kappa shape index (κ1) is 16.5. The second-order valence-electron chi connectivity index (χ2n) is 5.27. The summed E-state index contributed by atoms with van der Waals surface area (Å²) in [5.74, 6) is -0.564. The van der Waals surface area contributed by atoms with Crippen molar-refractivity contribution in [1.82, 2.24) is 0 Å². The number of nitrogens with zero attached hydrogens (tertiary/aromatic N) is 1. The van der Waals surface area contributed by atoms with Crippen LogP contribution in [0.15, 0.2) is 35.5 Å². The van der Waals surface area contributed by atoms with Crippen molar-refractivity contribution in [1.29, 1.82) is 5.26 Å². The summed E-state index contributed by atoms with van der Waals surface area (Å²) in [6.07, 6.45) is 7.73. The van der Waals surface area contributed by atoms with Crippen LogP contribution >= 0.6 is 0 Å². The molecule has 0 radical (unpaired) electrons. The highest BCUT2D eigenvalue weighted by atomic mass is 16.6. The van der Waals surface area contributed by atoms with E-state index in [-0.39, 0.29) is 24.1 Å². The number of epoxide rings is 1. The molecule has 1 fully saturated rings. The molecule has 1 aliphatic carbocycles. The van der Waals surface area contributed by atoms with E-state index in [2.05, 4.69) is 6.07 Å². The van der Waals surface area contributed by atoms with E-state index in [0.717, 1.165) is 17.8 Å². The van der Waals surface area contributed by atoms with Gasteiger partial charge in [-0.1, -0.05) is 12.2 Å². The Morgan fingerprint density at radius 3 is 3.05 bits per heavy atom. The van der Waals surface area contributed by atoms with Gasteiger partial charge in [-0.05, 0) is 37.5 Å². The van der Waals surface area contributed by atoms with E-state index in [0.29, 0.717) is 19.6 Å². The minimum absolute atomic E-state index is 0.109. The molecule has 0 amide bonds. The SMILES string of the molecule is CCOC(=O)/C=C/C1=CC(C#N)CC=C1C(C)OCC1CO1. The number of ether oxygens (including phenoxy) is 3. The molecular formula is C17H21NO4. The zero-order valence-electron chi connectivity index (χ0n) is 13.0. The largest absolute Gasteiger partial charge is 0.463 e. The highest BCUT2D eigenvalue weighted by molar-refractivity contribution is 5.82. The van der Waals surface area contributed by atoms with Gasteiger partial charge in [0.1, 0.15) is 6.10 Å². The van der Waals surface area contributed by atoms with E-state index in [1.54, 1.807) is 13.0 Å². The standard InChI is InChI=1S/C17H21NO4/c1-3-20-17(19)7-5-14-8-13(9-18)4-6-16(14)12(2)21-10-15-11-22-15/h5-8,12-13,15H,3-4,10-11H2,1-2H3/b7-5+. The summed E-state index contributed by atoms with van der Waals surface area (Å²) in [7, 11) is 0. The average Bonchev–Trinajstić information content (AvgIpc) is 3.35. The summed E-state index contributed by atoms with van der Waals surface area (Å²) in [5, 5.41) is 9.09. The van der Waals surface area contributed by atoms with Crippen LogP contribution in [0.4, 0.5) is 0 Å². The number of rotatable bonds is 7. The van der Waals surface area contributed by atoms with E-state index in [1.165, 1.54) is 6.08 Å². The smallest absolute Gasteiger partial charge is 0.330 e. The fourth-order valence-electron chi connectivity index (χ4n) is 2.25. The van der Waals surface area contributed by atoms with Crippen molar-refractivity contribution >= 4 is 5.97 Å². The fourth-order valence-corrected chi connectivity index (χ4v) is 2.25. The summed E-state index contributed by atoms with van der Waals surface area (Å²) in [4.78, 5) is 11.5. The van der Waals surface area contributed by atoms with Gasteiger partial charge >= 0.3 is 5.97 Å². The highest BCUT2D eigenvalue weighted by Gasteiger charge is 2.25. The summed E-state index contributed by atoms with van der Waals surface area (Å²) in [6, 6.07) is 2.23. The quantitative estimate of drug-likeness (QED) is 0.410. The van der Waals surface area contributed by atoms with Crippen LogP contribution in [-0.4, -0.2) is 38.0 Å². The van der Waals surface area contributed by atoms with Gasteiger partial charge in [-0.15, -0.1) is 0 Å². The summed E-state index contributed by atoms with van der Waals surface area (Å²) in [6.45, 7) is 5.39. The first-order valence-electron chi connectivity index (χ1n) is 7.54. The molecule has 1 heterocycles. The number of carbonyl (C=O) groups excluding carboxylic acids is 1. The van der Waals surface area contributed by atoms with E-state index in [4.69, 9.17) is 19.5 Å². The zero-order valence-corrected chi connectivity index (χ0v) is 13.0. The van der Waals surface area contributed by atoms with Gasteiger partial charge in [0.25, 0.3) is 0 Å². The van der Waals surface area contributed by atoms with Crippen LogP contribution in [0.25, 0.3) is 0 Å². The number of nitriles is 1. The van der Waals surface area contributed by atoms with Gasteiger partial charge < -0.3 is 14.2 Å². The van der Waals surface area contributed by atoms with Crippen molar-refractivity contribution in [3.63, 3.8) is 0 Å². The summed E-state index contributed by atoms with van der Waals surface area (Å²) in [5.41, 5.74) is 1.84. The van der Waals surface area contributed by atoms with Crippen LogP contribution < -0.4 is 0 Å². The predicted molar refractivity (Wildman–Crippen MR) is 80.8 cm³/mol. The van der Waals surface area contributed by atoms with Gasteiger partial charge in [-0.25, -0.2) is 4.79 Å². The number of carbonyl (C=O) groups is 1.